The fraction of sp³-hybridized carbons (Fsp3) is 0.250. The molecule has 2 N–H and O–H groups in total. The lowest BCUT2D eigenvalue weighted by atomic mass is 10.1. The van der Waals surface area contributed by atoms with Gasteiger partial charge in [-0.05, 0) is 46.6 Å². The Balaban J connectivity index is 3.04. The van der Waals surface area contributed by atoms with Crippen LogP contribution in [0, 0.1) is 11.6 Å². The molecule has 1 aromatic carbocycles. The SMILES string of the molecule is NCCc1cc(F)c(Br)c(F)c1. The van der Waals surface area contributed by atoms with Gasteiger partial charge >= 0.3 is 0 Å². The molecule has 0 bridgehead atoms. The van der Waals surface area contributed by atoms with E-state index in [0.717, 1.165) is 0 Å². The zero-order valence-corrected chi connectivity index (χ0v) is 7.87. The summed E-state index contributed by atoms with van der Waals surface area (Å²) >= 11 is 2.78. The zero-order chi connectivity index (χ0) is 9.14. The van der Waals surface area contributed by atoms with Crippen LogP contribution < -0.4 is 5.73 Å². The Kier molecular flexibility index (Phi) is 3.17. The number of halogens is 3. The molecule has 0 radical (unpaired) electrons. The lowest BCUT2D eigenvalue weighted by Crippen LogP contribution is -2.03. The van der Waals surface area contributed by atoms with Crippen molar-refractivity contribution in [2.75, 3.05) is 6.54 Å². The summed E-state index contributed by atoms with van der Waals surface area (Å²) in [4.78, 5) is 0. The van der Waals surface area contributed by atoms with Crippen molar-refractivity contribution < 1.29 is 8.78 Å². The van der Waals surface area contributed by atoms with Gasteiger partial charge in [0.2, 0.25) is 0 Å². The largest absolute Gasteiger partial charge is 0.330 e. The Bertz CT molecular complexity index is 265. The second-order valence-corrected chi connectivity index (χ2v) is 3.21. The lowest BCUT2D eigenvalue weighted by molar-refractivity contribution is 0.568. The van der Waals surface area contributed by atoms with Crippen molar-refractivity contribution in [1.29, 1.82) is 0 Å². The average molecular weight is 236 g/mol. The van der Waals surface area contributed by atoms with Crippen molar-refractivity contribution in [3.63, 3.8) is 0 Å². The minimum atomic E-state index is -0.585. The van der Waals surface area contributed by atoms with Gasteiger partial charge in [-0.1, -0.05) is 0 Å². The first kappa shape index (κ1) is 9.61. The van der Waals surface area contributed by atoms with Crippen LogP contribution in [0.4, 0.5) is 8.78 Å². The monoisotopic (exact) mass is 235 g/mol. The Morgan fingerprint density at radius 2 is 1.75 bits per heavy atom. The first-order valence-electron chi connectivity index (χ1n) is 3.48. The predicted molar refractivity (Wildman–Crippen MR) is 46.8 cm³/mol. The highest BCUT2D eigenvalue weighted by atomic mass is 79.9. The summed E-state index contributed by atoms with van der Waals surface area (Å²) in [6.45, 7) is 0.389. The fourth-order valence-electron chi connectivity index (χ4n) is 0.919. The number of benzene rings is 1. The highest BCUT2D eigenvalue weighted by molar-refractivity contribution is 9.10. The highest BCUT2D eigenvalue weighted by Gasteiger charge is 2.07. The molecule has 0 aliphatic heterocycles. The van der Waals surface area contributed by atoms with E-state index < -0.39 is 11.6 Å². The van der Waals surface area contributed by atoms with Gasteiger partial charge in [-0.3, -0.25) is 0 Å². The summed E-state index contributed by atoms with van der Waals surface area (Å²) in [5.74, 6) is -1.17. The molecule has 1 nitrogen and oxygen atoms in total. The second-order valence-electron chi connectivity index (χ2n) is 2.41. The van der Waals surface area contributed by atoms with Gasteiger partial charge in [-0.2, -0.15) is 0 Å². The third kappa shape index (κ3) is 2.01. The van der Waals surface area contributed by atoms with Crippen LogP contribution in [0.2, 0.25) is 0 Å². The maximum absolute atomic E-state index is 12.8. The van der Waals surface area contributed by atoms with Crippen LogP contribution >= 0.6 is 15.9 Å². The van der Waals surface area contributed by atoms with Crippen LogP contribution in [0.5, 0.6) is 0 Å². The van der Waals surface area contributed by atoms with Crippen molar-refractivity contribution in [2.24, 2.45) is 5.73 Å². The minimum Gasteiger partial charge on any atom is -0.330 e. The van der Waals surface area contributed by atoms with Gasteiger partial charge in [0.25, 0.3) is 0 Å². The van der Waals surface area contributed by atoms with Gasteiger partial charge in [-0.25, -0.2) is 8.78 Å². The number of nitrogens with two attached hydrogens (primary N) is 1. The molecule has 0 atom stereocenters. The molecule has 0 aliphatic carbocycles. The van der Waals surface area contributed by atoms with Gasteiger partial charge in [0, 0.05) is 0 Å². The van der Waals surface area contributed by atoms with E-state index in [1.54, 1.807) is 0 Å². The molecule has 0 heterocycles. The molecule has 1 aromatic rings. The Hall–Kier alpha value is -0.480. The normalized spacial score (nSPS) is 10.3. The summed E-state index contributed by atoms with van der Waals surface area (Å²) in [5.41, 5.74) is 5.82. The smallest absolute Gasteiger partial charge is 0.140 e. The standard InChI is InChI=1S/C8H8BrF2N/c9-8-6(10)3-5(1-2-12)4-7(8)11/h3-4H,1-2,12H2. The van der Waals surface area contributed by atoms with Gasteiger partial charge in [0.15, 0.2) is 0 Å². The van der Waals surface area contributed by atoms with Crippen LogP contribution in [0.15, 0.2) is 16.6 Å². The van der Waals surface area contributed by atoms with Crippen LogP contribution in [0.1, 0.15) is 5.56 Å². The summed E-state index contributed by atoms with van der Waals surface area (Å²) in [6.07, 6.45) is 0.487. The van der Waals surface area contributed by atoms with Crippen molar-refractivity contribution in [2.45, 2.75) is 6.42 Å². The third-order valence-electron chi connectivity index (χ3n) is 1.48. The maximum atomic E-state index is 12.8. The number of rotatable bonds is 2. The van der Waals surface area contributed by atoms with Crippen molar-refractivity contribution in [3.8, 4) is 0 Å². The molecule has 0 aliphatic rings. The van der Waals surface area contributed by atoms with E-state index >= 15 is 0 Å². The molecule has 1 rings (SSSR count). The average Bonchev–Trinajstić information content (AvgIpc) is 2.01. The van der Waals surface area contributed by atoms with Crippen LogP contribution in [-0.2, 0) is 6.42 Å². The van der Waals surface area contributed by atoms with Crippen LogP contribution in [-0.4, -0.2) is 6.54 Å². The lowest BCUT2D eigenvalue weighted by Gasteiger charge is -2.01. The van der Waals surface area contributed by atoms with Crippen LogP contribution in [0.25, 0.3) is 0 Å². The molecule has 4 heteroatoms. The molecule has 0 saturated carbocycles. The zero-order valence-electron chi connectivity index (χ0n) is 6.28. The quantitative estimate of drug-likeness (QED) is 0.783. The Morgan fingerprint density at radius 3 is 2.17 bits per heavy atom. The maximum Gasteiger partial charge on any atom is 0.140 e. The number of hydrogen-bond acceptors (Lipinski definition) is 1. The first-order chi connectivity index (χ1) is 5.65. The topological polar surface area (TPSA) is 26.0 Å². The second kappa shape index (κ2) is 3.96. The van der Waals surface area contributed by atoms with E-state index in [9.17, 15) is 8.78 Å². The molecule has 0 aromatic heterocycles. The van der Waals surface area contributed by atoms with Crippen molar-refractivity contribution in [1.82, 2.24) is 0 Å². The molecule has 66 valence electrons. The molecule has 12 heavy (non-hydrogen) atoms. The van der Waals surface area contributed by atoms with E-state index in [1.165, 1.54) is 12.1 Å². The summed E-state index contributed by atoms with van der Waals surface area (Å²) in [5, 5.41) is 0. The van der Waals surface area contributed by atoms with Gasteiger partial charge in [-0.15, -0.1) is 0 Å². The Morgan fingerprint density at radius 1 is 1.25 bits per heavy atom. The molecule has 0 spiro atoms. The molecule has 0 amide bonds. The Labute approximate surface area is 77.7 Å². The summed E-state index contributed by atoms with van der Waals surface area (Å²) in [6, 6.07) is 2.56. The molecule has 0 saturated heterocycles. The predicted octanol–water partition coefficient (Wildman–Crippen LogP) is 2.23. The van der Waals surface area contributed by atoms with E-state index in [4.69, 9.17) is 5.73 Å². The van der Waals surface area contributed by atoms with Gasteiger partial charge in [0.1, 0.15) is 11.6 Å². The molecular weight excluding hydrogens is 228 g/mol. The van der Waals surface area contributed by atoms with E-state index in [1.807, 2.05) is 0 Å². The number of hydrogen-bond donors (Lipinski definition) is 1. The first-order valence-corrected chi connectivity index (χ1v) is 4.28. The van der Waals surface area contributed by atoms with Crippen LogP contribution in [0.3, 0.4) is 0 Å². The molecule has 0 unspecified atom stereocenters. The minimum absolute atomic E-state index is 0.122. The molecular formula is C8H8BrF2N. The van der Waals surface area contributed by atoms with E-state index in [-0.39, 0.29) is 4.47 Å². The van der Waals surface area contributed by atoms with E-state index in [0.29, 0.717) is 18.5 Å². The fourth-order valence-corrected chi connectivity index (χ4v) is 1.15. The van der Waals surface area contributed by atoms with Crippen molar-refractivity contribution in [3.05, 3.63) is 33.8 Å². The van der Waals surface area contributed by atoms with E-state index in [2.05, 4.69) is 15.9 Å². The summed E-state index contributed by atoms with van der Waals surface area (Å²) in [7, 11) is 0. The van der Waals surface area contributed by atoms with Gasteiger partial charge in [0.05, 0.1) is 4.47 Å². The highest BCUT2D eigenvalue weighted by Crippen LogP contribution is 2.21. The molecule has 0 fully saturated rings. The summed E-state index contributed by atoms with van der Waals surface area (Å²) < 4.78 is 25.5. The van der Waals surface area contributed by atoms with Gasteiger partial charge < -0.3 is 5.73 Å². The van der Waals surface area contributed by atoms with Crippen molar-refractivity contribution >= 4 is 15.9 Å². The third-order valence-corrected chi connectivity index (χ3v) is 2.23.